The fourth-order valence-corrected chi connectivity index (χ4v) is 3.68. The Bertz CT molecular complexity index is 924. The van der Waals surface area contributed by atoms with Gasteiger partial charge in [-0.25, -0.2) is 12.7 Å². The smallest absolute Gasteiger partial charge is 0.242 e. The Hall–Kier alpha value is -2.22. The van der Waals surface area contributed by atoms with E-state index in [9.17, 15) is 13.2 Å². The summed E-state index contributed by atoms with van der Waals surface area (Å²) in [5, 5.41) is 2.94. The zero-order valence-corrected chi connectivity index (χ0v) is 17.3. The van der Waals surface area contributed by atoms with Gasteiger partial charge in [-0.1, -0.05) is 24.3 Å². The first kappa shape index (κ1) is 21.1. The van der Waals surface area contributed by atoms with Crippen LogP contribution < -0.4 is 5.32 Å². The van der Waals surface area contributed by atoms with Crippen LogP contribution in [0.2, 0.25) is 0 Å². The van der Waals surface area contributed by atoms with Gasteiger partial charge in [-0.15, -0.1) is 0 Å². The van der Waals surface area contributed by atoms with Crippen LogP contribution in [0.5, 0.6) is 0 Å². The van der Waals surface area contributed by atoms with Gasteiger partial charge in [-0.2, -0.15) is 0 Å². The lowest BCUT2D eigenvalue weighted by Crippen LogP contribution is -2.30. The van der Waals surface area contributed by atoms with E-state index in [-0.39, 0.29) is 17.3 Å². The fourth-order valence-electron chi connectivity index (χ4n) is 2.70. The number of aryl methyl sites for hydroxylation is 1. The molecule has 0 bridgehead atoms. The van der Waals surface area contributed by atoms with E-state index >= 15 is 0 Å². The first-order chi connectivity index (χ1) is 12.6. The minimum Gasteiger partial charge on any atom is -0.325 e. The summed E-state index contributed by atoms with van der Waals surface area (Å²) in [7, 11) is 1.37. The highest BCUT2D eigenvalue weighted by Gasteiger charge is 2.17. The van der Waals surface area contributed by atoms with Gasteiger partial charge in [-0.3, -0.25) is 9.69 Å². The van der Waals surface area contributed by atoms with Crippen molar-refractivity contribution in [3.05, 3.63) is 59.2 Å². The van der Waals surface area contributed by atoms with Gasteiger partial charge in [0.25, 0.3) is 0 Å². The highest BCUT2D eigenvalue weighted by molar-refractivity contribution is 7.89. The number of amides is 1. The Balaban J connectivity index is 2.02. The van der Waals surface area contributed by atoms with Crippen molar-refractivity contribution in [3.63, 3.8) is 0 Å². The van der Waals surface area contributed by atoms with Gasteiger partial charge in [0.15, 0.2) is 0 Å². The molecule has 6 nitrogen and oxygen atoms in total. The van der Waals surface area contributed by atoms with E-state index < -0.39 is 10.0 Å². The highest BCUT2D eigenvalue weighted by atomic mass is 32.2. The standard InChI is InChI=1S/C20H27N3O3S/c1-15-8-6-11-19(16(15)2)21-20(24)14-23(5)13-17-9-7-10-18(12-17)27(25,26)22(3)4/h6-12H,13-14H2,1-5H3,(H,21,24). The van der Waals surface area contributed by atoms with Crippen LogP contribution >= 0.6 is 0 Å². The van der Waals surface area contributed by atoms with Crippen LogP contribution in [-0.2, 0) is 21.4 Å². The maximum Gasteiger partial charge on any atom is 0.242 e. The fraction of sp³-hybridized carbons (Fsp3) is 0.350. The minimum absolute atomic E-state index is 0.108. The van der Waals surface area contributed by atoms with E-state index in [0.717, 1.165) is 22.4 Å². The number of sulfonamides is 1. The van der Waals surface area contributed by atoms with Crippen molar-refractivity contribution in [3.8, 4) is 0 Å². The maximum absolute atomic E-state index is 12.3. The zero-order chi connectivity index (χ0) is 20.2. The number of likely N-dealkylation sites (N-methyl/N-ethyl adjacent to an activating group) is 1. The molecule has 0 aliphatic heterocycles. The van der Waals surface area contributed by atoms with Crippen LogP contribution in [0.3, 0.4) is 0 Å². The van der Waals surface area contributed by atoms with Crippen LogP contribution in [0.1, 0.15) is 16.7 Å². The second-order valence-corrected chi connectivity index (χ2v) is 9.05. The molecule has 0 spiro atoms. The number of nitrogens with one attached hydrogen (secondary N) is 1. The molecule has 2 rings (SSSR count). The monoisotopic (exact) mass is 389 g/mol. The van der Waals surface area contributed by atoms with E-state index in [4.69, 9.17) is 0 Å². The number of hydrogen-bond donors (Lipinski definition) is 1. The Morgan fingerprint density at radius 1 is 1.04 bits per heavy atom. The predicted molar refractivity (Wildman–Crippen MR) is 108 cm³/mol. The number of rotatable bonds is 7. The lowest BCUT2D eigenvalue weighted by atomic mass is 10.1. The number of carbonyl (C=O) groups excluding carboxylic acids is 1. The molecule has 0 radical (unpaired) electrons. The SMILES string of the molecule is Cc1cccc(NC(=O)CN(C)Cc2cccc(S(=O)(=O)N(C)C)c2)c1C. The van der Waals surface area contributed by atoms with Crippen molar-refractivity contribution < 1.29 is 13.2 Å². The molecule has 1 amide bonds. The summed E-state index contributed by atoms with van der Waals surface area (Å²) in [5.74, 6) is -0.108. The van der Waals surface area contributed by atoms with Gasteiger partial charge < -0.3 is 5.32 Å². The van der Waals surface area contributed by atoms with Crippen molar-refractivity contribution in [2.45, 2.75) is 25.3 Å². The third-order valence-electron chi connectivity index (χ3n) is 4.42. The Morgan fingerprint density at radius 2 is 1.70 bits per heavy atom. The molecule has 2 aromatic rings. The molecule has 0 aromatic heterocycles. The first-order valence-corrected chi connectivity index (χ1v) is 10.1. The van der Waals surface area contributed by atoms with E-state index in [1.54, 1.807) is 18.2 Å². The van der Waals surface area contributed by atoms with Crippen LogP contribution in [0.15, 0.2) is 47.4 Å². The topological polar surface area (TPSA) is 69.7 Å². The van der Waals surface area contributed by atoms with Crippen LogP contribution in [0.25, 0.3) is 0 Å². The molecule has 7 heteroatoms. The minimum atomic E-state index is -3.47. The van der Waals surface area contributed by atoms with Gasteiger partial charge in [0.05, 0.1) is 11.4 Å². The van der Waals surface area contributed by atoms with E-state index in [2.05, 4.69) is 5.32 Å². The molecule has 27 heavy (non-hydrogen) atoms. The second kappa shape index (κ2) is 8.65. The van der Waals surface area contributed by atoms with Crippen LogP contribution in [-0.4, -0.2) is 51.2 Å². The summed E-state index contributed by atoms with van der Waals surface area (Å²) in [6.45, 7) is 4.66. The van der Waals surface area contributed by atoms with Crippen molar-refractivity contribution in [2.75, 3.05) is 33.0 Å². The molecule has 0 aliphatic carbocycles. The summed E-state index contributed by atoms with van der Waals surface area (Å²) in [5.41, 5.74) is 3.82. The molecular formula is C20H27N3O3S. The van der Waals surface area contributed by atoms with Crippen LogP contribution in [0.4, 0.5) is 5.69 Å². The summed E-state index contributed by atoms with van der Waals surface area (Å²) >= 11 is 0. The second-order valence-electron chi connectivity index (χ2n) is 6.90. The molecule has 0 saturated heterocycles. The van der Waals surface area contributed by atoms with Crippen molar-refractivity contribution >= 4 is 21.6 Å². The first-order valence-electron chi connectivity index (χ1n) is 8.67. The summed E-state index contributed by atoms with van der Waals surface area (Å²) in [6, 6.07) is 12.6. The number of carbonyl (C=O) groups is 1. The summed E-state index contributed by atoms with van der Waals surface area (Å²) in [4.78, 5) is 14.4. The van der Waals surface area contributed by atoms with Crippen molar-refractivity contribution in [2.24, 2.45) is 0 Å². The van der Waals surface area contributed by atoms with Gasteiger partial charge in [0.1, 0.15) is 0 Å². The van der Waals surface area contributed by atoms with Gasteiger partial charge >= 0.3 is 0 Å². The van der Waals surface area contributed by atoms with Gasteiger partial charge in [0.2, 0.25) is 15.9 Å². The normalized spacial score (nSPS) is 11.8. The Morgan fingerprint density at radius 3 is 2.37 bits per heavy atom. The molecule has 0 unspecified atom stereocenters. The van der Waals surface area contributed by atoms with E-state index in [1.807, 2.05) is 50.1 Å². The summed E-state index contributed by atoms with van der Waals surface area (Å²) < 4.78 is 25.7. The molecule has 0 saturated carbocycles. The molecule has 0 aliphatic rings. The summed E-state index contributed by atoms with van der Waals surface area (Å²) in [6.07, 6.45) is 0. The number of hydrogen-bond acceptors (Lipinski definition) is 4. The predicted octanol–water partition coefficient (Wildman–Crippen LogP) is 2.62. The Labute approximate surface area is 161 Å². The van der Waals surface area contributed by atoms with Crippen LogP contribution in [0, 0.1) is 13.8 Å². The molecule has 146 valence electrons. The van der Waals surface area contributed by atoms with Crippen molar-refractivity contribution in [1.82, 2.24) is 9.21 Å². The highest BCUT2D eigenvalue weighted by Crippen LogP contribution is 2.18. The van der Waals surface area contributed by atoms with E-state index in [1.165, 1.54) is 18.4 Å². The van der Waals surface area contributed by atoms with Gasteiger partial charge in [0, 0.05) is 26.3 Å². The molecule has 0 fully saturated rings. The number of anilines is 1. The largest absolute Gasteiger partial charge is 0.325 e. The quantitative estimate of drug-likeness (QED) is 0.790. The molecule has 1 N–H and O–H groups in total. The zero-order valence-electron chi connectivity index (χ0n) is 16.5. The van der Waals surface area contributed by atoms with E-state index in [0.29, 0.717) is 6.54 Å². The third kappa shape index (κ3) is 5.38. The maximum atomic E-state index is 12.3. The number of benzene rings is 2. The lowest BCUT2D eigenvalue weighted by Gasteiger charge is -2.18. The Kier molecular flexibility index (Phi) is 6.75. The molecular weight excluding hydrogens is 362 g/mol. The van der Waals surface area contributed by atoms with Crippen molar-refractivity contribution in [1.29, 1.82) is 0 Å². The average molecular weight is 390 g/mol. The molecule has 2 aromatic carbocycles. The number of nitrogens with zero attached hydrogens (tertiary/aromatic N) is 2. The lowest BCUT2D eigenvalue weighted by molar-refractivity contribution is -0.117. The van der Waals surface area contributed by atoms with Gasteiger partial charge in [-0.05, 0) is 55.8 Å². The third-order valence-corrected chi connectivity index (χ3v) is 6.23. The average Bonchev–Trinajstić information content (AvgIpc) is 2.58. The molecule has 0 heterocycles. The molecule has 0 atom stereocenters.